The van der Waals surface area contributed by atoms with Crippen molar-refractivity contribution in [1.29, 1.82) is 0 Å². The molecule has 0 amide bonds. The molecule has 0 aromatic rings. The zero-order valence-electron chi connectivity index (χ0n) is 13.8. The minimum Gasteiger partial charge on any atom is -0.462 e. The first-order valence-corrected chi connectivity index (χ1v) is 8.27. The van der Waals surface area contributed by atoms with Gasteiger partial charge in [-0.3, -0.25) is 9.59 Å². The van der Waals surface area contributed by atoms with E-state index in [4.69, 9.17) is 18.9 Å². The van der Waals surface area contributed by atoms with Crippen LogP contribution in [0.5, 0.6) is 0 Å². The molecule has 7 atom stereocenters. The minimum atomic E-state index is -0.684. The second kappa shape index (κ2) is 5.05. The Labute approximate surface area is 139 Å². The van der Waals surface area contributed by atoms with Crippen molar-refractivity contribution in [3.63, 3.8) is 0 Å². The quantitative estimate of drug-likeness (QED) is 0.399. The van der Waals surface area contributed by atoms with Crippen molar-refractivity contribution in [1.82, 2.24) is 0 Å². The summed E-state index contributed by atoms with van der Waals surface area (Å²) < 4.78 is 22.2. The summed E-state index contributed by atoms with van der Waals surface area (Å²) in [6.45, 7) is 5.05. The molecule has 1 aliphatic carbocycles. The van der Waals surface area contributed by atoms with E-state index in [0.29, 0.717) is 18.4 Å². The lowest BCUT2D eigenvalue weighted by atomic mass is 9.81. The van der Waals surface area contributed by atoms with Gasteiger partial charge in [-0.2, -0.15) is 0 Å². The monoisotopic (exact) mass is 336 g/mol. The molecule has 2 saturated heterocycles. The van der Waals surface area contributed by atoms with Crippen LogP contribution in [0.2, 0.25) is 0 Å². The number of hydrogen-bond acceptors (Lipinski definition) is 7. The number of esters is 3. The van der Waals surface area contributed by atoms with Crippen molar-refractivity contribution in [2.24, 2.45) is 11.8 Å². The van der Waals surface area contributed by atoms with Crippen LogP contribution < -0.4 is 0 Å². The molecular weight excluding hydrogens is 316 g/mol. The van der Waals surface area contributed by atoms with E-state index in [1.54, 1.807) is 13.0 Å². The van der Waals surface area contributed by atoms with Gasteiger partial charge in [-0.05, 0) is 13.0 Å². The highest BCUT2D eigenvalue weighted by molar-refractivity contribution is 5.92. The number of fused-ring (bicyclic) bond motifs is 4. The van der Waals surface area contributed by atoms with E-state index in [2.05, 4.69) is 0 Å². The summed E-state index contributed by atoms with van der Waals surface area (Å²) in [5, 5.41) is 0. The van der Waals surface area contributed by atoms with Gasteiger partial charge in [-0.1, -0.05) is 6.92 Å². The molecule has 3 aliphatic heterocycles. The summed E-state index contributed by atoms with van der Waals surface area (Å²) in [7, 11) is 0. The van der Waals surface area contributed by atoms with Crippen LogP contribution in [0.25, 0.3) is 0 Å². The fourth-order valence-electron chi connectivity index (χ4n) is 4.19. The summed E-state index contributed by atoms with van der Waals surface area (Å²) in [6, 6.07) is 0. The molecule has 0 unspecified atom stereocenters. The van der Waals surface area contributed by atoms with Gasteiger partial charge in [0.05, 0.1) is 23.2 Å². The third-order valence-electron chi connectivity index (χ3n) is 5.57. The van der Waals surface area contributed by atoms with Crippen LogP contribution in [0, 0.1) is 11.8 Å². The topological polar surface area (TPSA) is 91.4 Å². The Kier molecular flexibility index (Phi) is 3.29. The van der Waals surface area contributed by atoms with Crippen LogP contribution in [0.4, 0.5) is 0 Å². The maximum Gasteiger partial charge on any atom is 0.338 e. The highest BCUT2D eigenvalue weighted by Gasteiger charge is 2.60. The van der Waals surface area contributed by atoms with Crippen molar-refractivity contribution >= 4 is 17.9 Å². The lowest BCUT2D eigenvalue weighted by Crippen LogP contribution is -2.35. The fraction of sp³-hybridized carbons (Fsp3) is 0.706. The molecule has 4 rings (SSSR count). The largest absolute Gasteiger partial charge is 0.462 e. The Hall–Kier alpha value is -1.89. The van der Waals surface area contributed by atoms with E-state index in [-0.39, 0.29) is 30.0 Å². The predicted molar refractivity (Wildman–Crippen MR) is 78.6 cm³/mol. The number of carbonyl (C=O) groups excluding carboxylic acids is 3. The predicted octanol–water partition coefficient (Wildman–Crippen LogP) is 0.899. The SMILES string of the molecule is CC(=O)O[C@H]1C[C@H]2O[C@@]2(C)C[C@@H]2OC(=O)[C@H](C)[C@H]2[C@H]2C=C1C(=O)O2. The fourth-order valence-corrected chi connectivity index (χ4v) is 4.19. The maximum atomic E-state index is 12.3. The van der Waals surface area contributed by atoms with E-state index in [1.165, 1.54) is 6.92 Å². The van der Waals surface area contributed by atoms with E-state index in [9.17, 15) is 14.4 Å². The van der Waals surface area contributed by atoms with Crippen LogP contribution in [-0.4, -0.2) is 47.9 Å². The molecule has 4 aliphatic rings. The zero-order valence-corrected chi connectivity index (χ0v) is 13.8. The third kappa shape index (κ3) is 2.33. The van der Waals surface area contributed by atoms with Gasteiger partial charge in [0.25, 0.3) is 0 Å². The Morgan fingerprint density at radius 1 is 1.33 bits per heavy atom. The molecule has 7 heteroatoms. The van der Waals surface area contributed by atoms with Crippen LogP contribution in [0.3, 0.4) is 0 Å². The summed E-state index contributed by atoms with van der Waals surface area (Å²) >= 11 is 0. The van der Waals surface area contributed by atoms with Crippen molar-refractivity contribution in [2.75, 3.05) is 0 Å². The van der Waals surface area contributed by atoms with Gasteiger partial charge in [0, 0.05) is 25.7 Å². The summed E-state index contributed by atoms with van der Waals surface area (Å²) in [5.74, 6) is -1.85. The average molecular weight is 336 g/mol. The van der Waals surface area contributed by atoms with Crippen LogP contribution in [-0.2, 0) is 33.3 Å². The normalized spacial score (nSPS) is 46.2. The van der Waals surface area contributed by atoms with Crippen LogP contribution >= 0.6 is 0 Å². The summed E-state index contributed by atoms with van der Waals surface area (Å²) in [6.07, 6.45) is 0.904. The first-order valence-electron chi connectivity index (χ1n) is 8.27. The molecule has 24 heavy (non-hydrogen) atoms. The molecule has 2 fully saturated rings. The Morgan fingerprint density at radius 3 is 2.79 bits per heavy atom. The first kappa shape index (κ1) is 15.6. The van der Waals surface area contributed by atoms with Crippen molar-refractivity contribution in [2.45, 2.75) is 63.6 Å². The number of carbonyl (C=O) groups is 3. The molecule has 0 aromatic heterocycles. The smallest absolute Gasteiger partial charge is 0.338 e. The number of rotatable bonds is 1. The van der Waals surface area contributed by atoms with Gasteiger partial charge in [0.2, 0.25) is 0 Å². The van der Waals surface area contributed by atoms with Gasteiger partial charge in [0.1, 0.15) is 18.3 Å². The lowest BCUT2D eigenvalue weighted by Gasteiger charge is -2.25. The average Bonchev–Trinajstić information content (AvgIpc) is 2.80. The molecular formula is C17H20O7. The third-order valence-corrected chi connectivity index (χ3v) is 5.57. The van der Waals surface area contributed by atoms with E-state index < -0.39 is 29.7 Å². The number of epoxide rings is 1. The second-order valence-corrected chi connectivity index (χ2v) is 7.29. The van der Waals surface area contributed by atoms with Crippen molar-refractivity contribution < 1.29 is 33.3 Å². The van der Waals surface area contributed by atoms with Crippen LogP contribution in [0.15, 0.2) is 11.6 Å². The highest BCUT2D eigenvalue weighted by atomic mass is 16.6. The second-order valence-electron chi connectivity index (χ2n) is 7.29. The van der Waals surface area contributed by atoms with Gasteiger partial charge in [-0.25, -0.2) is 4.79 Å². The Morgan fingerprint density at radius 2 is 2.08 bits per heavy atom. The molecule has 0 N–H and O–H groups in total. The molecule has 130 valence electrons. The molecule has 0 spiro atoms. The first-order chi connectivity index (χ1) is 11.3. The van der Waals surface area contributed by atoms with Crippen molar-refractivity contribution in [3.05, 3.63) is 11.6 Å². The van der Waals surface area contributed by atoms with Gasteiger partial charge in [0.15, 0.2) is 0 Å². The zero-order chi connectivity index (χ0) is 17.2. The molecule has 0 saturated carbocycles. The maximum absolute atomic E-state index is 12.3. The summed E-state index contributed by atoms with van der Waals surface area (Å²) in [4.78, 5) is 35.8. The molecule has 0 aromatic carbocycles. The van der Waals surface area contributed by atoms with Gasteiger partial charge in [-0.15, -0.1) is 0 Å². The Balaban J connectivity index is 1.72. The van der Waals surface area contributed by atoms with E-state index in [0.717, 1.165) is 0 Å². The number of ether oxygens (including phenoxy) is 4. The van der Waals surface area contributed by atoms with Crippen LogP contribution in [0.1, 0.15) is 33.6 Å². The highest BCUT2D eigenvalue weighted by Crippen LogP contribution is 2.50. The van der Waals surface area contributed by atoms with Gasteiger partial charge < -0.3 is 18.9 Å². The summed E-state index contributed by atoms with van der Waals surface area (Å²) in [5.41, 5.74) is -0.105. The molecule has 7 nitrogen and oxygen atoms in total. The molecule has 2 bridgehead atoms. The lowest BCUT2D eigenvalue weighted by molar-refractivity contribution is -0.148. The Bertz CT molecular complexity index is 653. The van der Waals surface area contributed by atoms with E-state index >= 15 is 0 Å². The van der Waals surface area contributed by atoms with E-state index in [1.807, 2.05) is 6.92 Å². The van der Waals surface area contributed by atoms with Crippen molar-refractivity contribution in [3.8, 4) is 0 Å². The minimum absolute atomic E-state index is 0.150. The standard InChI is InChI=1S/C17H20O7/c1-7-14-11-4-9(16(20)22-11)10(21-8(2)18)5-13-17(3,24-13)6-12(14)23-15(7)19/h4,7,10-14H,5-6H2,1-3H3/t7-,10+,11-,12+,13-,14+,17+/m1/s1. The van der Waals surface area contributed by atoms with Gasteiger partial charge >= 0.3 is 17.9 Å². The number of hydrogen-bond donors (Lipinski definition) is 0. The molecule has 0 radical (unpaired) electrons. The molecule has 3 heterocycles.